The number of benzene rings is 4. The monoisotopic (exact) mass is 585 g/mol. The summed E-state index contributed by atoms with van der Waals surface area (Å²) >= 11 is 0. The van der Waals surface area contributed by atoms with E-state index in [9.17, 15) is 9.59 Å². The Bertz CT molecular complexity index is 1810. The van der Waals surface area contributed by atoms with Gasteiger partial charge in [-0.25, -0.2) is 10.1 Å². The van der Waals surface area contributed by atoms with Gasteiger partial charge < -0.3 is 14.8 Å². The van der Waals surface area contributed by atoms with Gasteiger partial charge in [0.05, 0.1) is 25.6 Å². The number of ether oxygens (including phenoxy) is 2. The van der Waals surface area contributed by atoms with Crippen LogP contribution in [0.5, 0.6) is 11.5 Å². The number of nitrogens with zero attached hydrogens (tertiary/aromatic N) is 3. The molecule has 44 heavy (non-hydrogen) atoms. The van der Waals surface area contributed by atoms with E-state index in [1.807, 2.05) is 72.9 Å². The fraction of sp³-hybridized carbons (Fsp3) is 0.0857. The molecule has 9 heteroatoms. The third-order valence-electron chi connectivity index (χ3n) is 6.76. The summed E-state index contributed by atoms with van der Waals surface area (Å²) in [7, 11) is 3.12. The Kier molecular flexibility index (Phi) is 9.26. The van der Waals surface area contributed by atoms with Crippen LogP contribution in [0.4, 0.5) is 0 Å². The molecule has 1 aromatic heterocycles. The number of amides is 2. The van der Waals surface area contributed by atoms with Crippen molar-refractivity contribution in [3.05, 3.63) is 138 Å². The number of carbonyl (C=O) groups excluding carboxylic acids is 2. The first kappa shape index (κ1) is 29.5. The Morgan fingerprint density at radius 2 is 1.50 bits per heavy atom. The molecule has 0 bridgehead atoms. The van der Waals surface area contributed by atoms with E-state index in [1.165, 1.54) is 0 Å². The molecule has 5 aromatic rings. The molecule has 0 radical (unpaired) electrons. The van der Waals surface area contributed by atoms with Gasteiger partial charge in [0.15, 0.2) is 0 Å². The van der Waals surface area contributed by atoms with Gasteiger partial charge in [-0.05, 0) is 55.5 Å². The highest BCUT2D eigenvalue weighted by atomic mass is 16.5. The molecule has 220 valence electrons. The molecule has 0 saturated heterocycles. The average molecular weight is 586 g/mol. The van der Waals surface area contributed by atoms with Crippen molar-refractivity contribution in [2.24, 2.45) is 5.10 Å². The van der Waals surface area contributed by atoms with Gasteiger partial charge in [-0.15, -0.1) is 0 Å². The van der Waals surface area contributed by atoms with E-state index in [0.29, 0.717) is 39.6 Å². The molecular weight excluding hydrogens is 554 g/mol. The smallest absolute Gasteiger partial charge is 0.287 e. The zero-order chi connectivity index (χ0) is 30.9. The number of hydrogen-bond donors (Lipinski definition) is 2. The second kappa shape index (κ2) is 13.8. The van der Waals surface area contributed by atoms with Crippen LogP contribution in [0.15, 0.2) is 126 Å². The predicted octanol–water partition coefficient (Wildman–Crippen LogP) is 5.87. The summed E-state index contributed by atoms with van der Waals surface area (Å²) in [5.74, 6) is 0.109. The van der Waals surface area contributed by atoms with E-state index >= 15 is 0 Å². The third-order valence-corrected chi connectivity index (χ3v) is 6.76. The zero-order valence-electron chi connectivity index (χ0n) is 24.5. The topological polar surface area (TPSA) is 107 Å². The minimum absolute atomic E-state index is 0.0159. The maximum atomic E-state index is 13.7. The minimum Gasteiger partial charge on any atom is -0.497 e. The van der Waals surface area contributed by atoms with Crippen LogP contribution < -0.4 is 20.2 Å². The van der Waals surface area contributed by atoms with Crippen molar-refractivity contribution < 1.29 is 19.1 Å². The first-order valence-corrected chi connectivity index (χ1v) is 13.8. The van der Waals surface area contributed by atoms with Crippen molar-refractivity contribution in [1.29, 1.82) is 0 Å². The zero-order valence-corrected chi connectivity index (χ0v) is 24.5. The van der Waals surface area contributed by atoms with E-state index in [1.54, 1.807) is 74.4 Å². The lowest BCUT2D eigenvalue weighted by Crippen LogP contribution is -2.33. The van der Waals surface area contributed by atoms with Crippen molar-refractivity contribution in [2.45, 2.75) is 6.92 Å². The molecule has 0 fully saturated rings. The van der Waals surface area contributed by atoms with Crippen molar-refractivity contribution in [3.63, 3.8) is 0 Å². The highest BCUT2D eigenvalue weighted by molar-refractivity contribution is 6.07. The summed E-state index contributed by atoms with van der Waals surface area (Å²) in [6, 6.07) is 33.2. The summed E-state index contributed by atoms with van der Waals surface area (Å²) in [6.45, 7) is 1.74. The Balaban J connectivity index is 1.55. The Morgan fingerprint density at radius 3 is 2.16 bits per heavy atom. The predicted molar refractivity (Wildman–Crippen MR) is 171 cm³/mol. The normalized spacial score (nSPS) is 11.5. The van der Waals surface area contributed by atoms with Crippen molar-refractivity contribution >= 4 is 23.6 Å². The number of hydrazone groups is 1. The van der Waals surface area contributed by atoms with Crippen LogP contribution in [0, 0.1) is 0 Å². The Morgan fingerprint density at radius 1 is 0.841 bits per heavy atom. The summed E-state index contributed by atoms with van der Waals surface area (Å²) in [5.41, 5.74) is 7.03. The van der Waals surface area contributed by atoms with E-state index in [0.717, 1.165) is 11.3 Å². The molecular formula is C35H31N5O4. The summed E-state index contributed by atoms with van der Waals surface area (Å²) < 4.78 is 12.5. The summed E-state index contributed by atoms with van der Waals surface area (Å²) in [5, 5.41) is 11.9. The second-order valence-electron chi connectivity index (χ2n) is 9.66. The lowest BCUT2D eigenvalue weighted by molar-refractivity contribution is -0.117. The second-order valence-corrected chi connectivity index (χ2v) is 9.66. The van der Waals surface area contributed by atoms with Crippen LogP contribution in [0.25, 0.3) is 23.0 Å². The summed E-state index contributed by atoms with van der Waals surface area (Å²) in [4.78, 5) is 26.9. The molecule has 0 atom stereocenters. The standard InChI is InChI=1S/C35H31N5O4/c1-24(30-22-29(43-2)19-20-32(30)44-3)37-38-35(42)31(36-34(41)26-15-9-5-10-16-26)21-27-23-40(28-17-11-6-12-18-28)39-33(27)25-13-7-4-8-14-25/h4-23H,1-3H3,(H,36,41)(H,38,42)/b31-21-,37-24-. The highest BCUT2D eigenvalue weighted by Gasteiger charge is 2.18. The van der Waals surface area contributed by atoms with Gasteiger partial charge in [0.25, 0.3) is 11.8 Å². The van der Waals surface area contributed by atoms with Gasteiger partial charge >= 0.3 is 0 Å². The molecule has 0 aliphatic rings. The van der Waals surface area contributed by atoms with Crippen LogP contribution in [0.2, 0.25) is 0 Å². The first-order valence-electron chi connectivity index (χ1n) is 13.8. The Hall–Kier alpha value is -5.96. The lowest BCUT2D eigenvalue weighted by Gasteiger charge is -2.12. The molecule has 1 heterocycles. The number of nitrogens with one attached hydrogen (secondary N) is 2. The quantitative estimate of drug-likeness (QED) is 0.121. The molecule has 0 aliphatic carbocycles. The molecule has 0 unspecified atom stereocenters. The van der Waals surface area contributed by atoms with E-state index in [4.69, 9.17) is 14.6 Å². The van der Waals surface area contributed by atoms with Crippen molar-refractivity contribution in [2.75, 3.05) is 14.2 Å². The molecule has 0 saturated carbocycles. The molecule has 0 aliphatic heterocycles. The molecule has 5 rings (SSSR count). The first-order chi connectivity index (χ1) is 21.5. The fourth-order valence-corrected chi connectivity index (χ4v) is 4.48. The molecule has 0 spiro atoms. The largest absolute Gasteiger partial charge is 0.497 e. The van der Waals surface area contributed by atoms with Gasteiger partial charge in [0.2, 0.25) is 0 Å². The number of carbonyl (C=O) groups is 2. The number of rotatable bonds is 10. The van der Waals surface area contributed by atoms with Crippen LogP contribution >= 0.6 is 0 Å². The minimum atomic E-state index is -0.623. The van der Waals surface area contributed by atoms with E-state index in [-0.39, 0.29) is 5.70 Å². The Labute approximate surface area is 255 Å². The van der Waals surface area contributed by atoms with Gasteiger partial charge in [-0.2, -0.15) is 10.2 Å². The van der Waals surface area contributed by atoms with Crippen LogP contribution in [0.3, 0.4) is 0 Å². The third kappa shape index (κ3) is 6.91. The lowest BCUT2D eigenvalue weighted by atomic mass is 10.1. The van der Waals surface area contributed by atoms with Crippen molar-refractivity contribution in [1.82, 2.24) is 20.5 Å². The van der Waals surface area contributed by atoms with Gasteiger partial charge in [0.1, 0.15) is 22.9 Å². The summed E-state index contributed by atoms with van der Waals surface area (Å²) in [6.07, 6.45) is 3.41. The van der Waals surface area contributed by atoms with Gasteiger partial charge in [-0.1, -0.05) is 66.7 Å². The maximum absolute atomic E-state index is 13.7. The number of methoxy groups -OCH3 is 2. The van der Waals surface area contributed by atoms with Crippen molar-refractivity contribution in [3.8, 4) is 28.4 Å². The van der Waals surface area contributed by atoms with Gasteiger partial charge in [0, 0.05) is 28.5 Å². The number of para-hydroxylation sites is 1. The van der Waals surface area contributed by atoms with E-state index < -0.39 is 11.8 Å². The maximum Gasteiger partial charge on any atom is 0.287 e. The molecule has 9 nitrogen and oxygen atoms in total. The average Bonchev–Trinajstić information content (AvgIpc) is 3.51. The number of hydrogen-bond acceptors (Lipinski definition) is 6. The van der Waals surface area contributed by atoms with E-state index in [2.05, 4.69) is 15.8 Å². The SMILES string of the molecule is COc1ccc(OC)c(/C(C)=N\NC(=O)/C(=C/c2cn(-c3ccccc3)nc2-c2ccccc2)NC(=O)c2ccccc2)c1. The molecule has 2 N–H and O–H groups in total. The van der Waals surface area contributed by atoms with Crippen LogP contribution in [0.1, 0.15) is 28.4 Å². The number of aromatic nitrogens is 2. The highest BCUT2D eigenvalue weighted by Crippen LogP contribution is 2.26. The fourth-order valence-electron chi connectivity index (χ4n) is 4.48. The van der Waals surface area contributed by atoms with Gasteiger partial charge in [-0.3, -0.25) is 9.59 Å². The van der Waals surface area contributed by atoms with Crippen LogP contribution in [-0.2, 0) is 4.79 Å². The molecule has 4 aromatic carbocycles. The van der Waals surface area contributed by atoms with Crippen LogP contribution in [-0.4, -0.2) is 41.5 Å². The molecule has 2 amide bonds.